The molecule has 2 aliphatic heterocycles. The van der Waals surface area contributed by atoms with Gasteiger partial charge >= 0.3 is 0 Å². The van der Waals surface area contributed by atoms with Crippen LogP contribution in [-0.4, -0.2) is 42.8 Å². The molecule has 0 spiro atoms. The molecule has 7 nitrogen and oxygen atoms in total. The average molecular weight is 312 g/mol. The number of carbonyl (C=O) groups is 3. The van der Waals surface area contributed by atoms with Crippen LogP contribution in [0.5, 0.6) is 0 Å². The Hall–Kier alpha value is -2.88. The minimum Gasteiger partial charge on any atom is -0.376 e. The molecule has 1 unspecified atom stereocenters. The average Bonchev–Trinajstić information content (AvgIpc) is 2.83. The zero-order valence-corrected chi connectivity index (χ0v) is 12.9. The largest absolute Gasteiger partial charge is 0.376 e. The van der Waals surface area contributed by atoms with E-state index in [0.717, 1.165) is 5.56 Å². The number of hydrogen-bond donors (Lipinski definition) is 1. The second-order valence-corrected chi connectivity index (χ2v) is 5.90. The zero-order chi connectivity index (χ0) is 16.7. The summed E-state index contributed by atoms with van der Waals surface area (Å²) >= 11 is 0. The van der Waals surface area contributed by atoms with E-state index < -0.39 is 11.9 Å². The molecule has 1 fully saturated rings. The molecule has 1 aromatic carbocycles. The highest BCUT2D eigenvalue weighted by Crippen LogP contribution is 2.35. The lowest BCUT2D eigenvalue weighted by atomic mass is 10.0. The van der Waals surface area contributed by atoms with Gasteiger partial charge in [0.1, 0.15) is 12.1 Å². The van der Waals surface area contributed by atoms with Crippen molar-refractivity contribution in [2.45, 2.75) is 25.4 Å². The predicted octanol–water partition coefficient (Wildman–Crippen LogP) is 0.385. The van der Waals surface area contributed by atoms with Crippen LogP contribution in [0.4, 0.5) is 5.69 Å². The summed E-state index contributed by atoms with van der Waals surface area (Å²) in [5.41, 5.74) is 2.26. The van der Waals surface area contributed by atoms with Gasteiger partial charge in [-0.2, -0.15) is 5.26 Å². The van der Waals surface area contributed by atoms with Gasteiger partial charge in [0.2, 0.25) is 11.8 Å². The van der Waals surface area contributed by atoms with Gasteiger partial charge in [0.15, 0.2) is 0 Å². The SMILES string of the molecule is CN(C)c1c(C#N)ccc2c1C(=O)N(C1CCC(=O)NC1=O)C2. The van der Waals surface area contributed by atoms with Crippen LogP contribution in [0.1, 0.15) is 34.3 Å². The Balaban J connectivity index is 2.00. The second kappa shape index (κ2) is 5.39. The molecule has 0 bridgehead atoms. The molecule has 7 heteroatoms. The van der Waals surface area contributed by atoms with Crippen molar-refractivity contribution < 1.29 is 14.4 Å². The minimum absolute atomic E-state index is 0.223. The minimum atomic E-state index is -0.645. The first-order chi connectivity index (χ1) is 10.9. The van der Waals surface area contributed by atoms with Crippen LogP contribution < -0.4 is 10.2 Å². The highest BCUT2D eigenvalue weighted by molar-refractivity contribution is 6.08. The summed E-state index contributed by atoms with van der Waals surface area (Å²) in [6.07, 6.45) is 0.549. The summed E-state index contributed by atoms with van der Waals surface area (Å²) in [6, 6.07) is 4.90. The van der Waals surface area contributed by atoms with Crippen LogP contribution in [0.25, 0.3) is 0 Å². The molecule has 1 aromatic rings. The van der Waals surface area contributed by atoms with Crippen molar-refractivity contribution in [3.8, 4) is 6.07 Å². The third kappa shape index (κ3) is 2.32. The van der Waals surface area contributed by atoms with Gasteiger partial charge in [-0.25, -0.2) is 0 Å². The molecule has 0 aliphatic carbocycles. The number of amides is 3. The summed E-state index contributed by atoms with van der Waals surface area (Å²) < 4.78 is 0. The summed E-state index contributed by atoms with van der Waals surface area (Å²) in [7, 11) is 3.55. The van der Waals surface area contributed by atoms with Gasteiger partial charge in [-0.3, -0.25) is 19.7 Å². The molecular formula is C16H16N4O3. The summed E-state index contributed by atoms with van der Waals surface area (Å²) in [5.74, 6) is -1.01. The van der Waals surface area contributed by atoms with Gasteiger partial charge in [-0.1, -0.05) is 6.07 Å². The number of anilines is 1. The standard InChI is InChI=1S/C16H16N4O3/c1-19(2)14-9(7-17)3-4-10-8-20(16(23)13(10)14)11-5-6-12(21)18-15(11)22/h3-4,11H,5-6,8H2,1-2H3,(H,18,21,22). The molecule has 0 aromatic heterocycles. The van der Waals surface area contributed by atoms with Crippen molar-refractivity contribution in [1.82, 2.24) is 10.2 Å². The fraction of sp³-hybridized carbons (Fsp3) is 0.375. The fourth-order valence-electron chi connectivity index (χ4n) is 3.19. The number of nitrogens with one attached hydrogen (secondary N) is 1. The Kier molecular flexibility index (Phi) is 3.52. The van der Waals surface area contributed by atoms with Gasteiger partial charge in [0.05, 0.1) is 16.8 Å². The lowest BCUT2D eigenvalue weighted by molar-refractivity contribution is -0.136. The third-order valence-electron chi connectivity index (χ3n) is 4.23. The number of carbonyl (C=O) groups excluding carboxylic acids is 3. The molecule has 0 saturated carbocycles. The number of hydrogen-bond acceptors (Lipinski definition) is 5. The van der Waals surface area contributed by atoms with E-state index in [-0.39, 0.29) is 18.2 Å². The van der Waals surface area contributed by atoms with Crippen LogP contribution >= 0.6 is 0 Å². The molecule has 1 atom stereocenters. The number of benzene rings is 1. The Bertz CT molecular complexity index is 763. The van der Waals surface area contributed by atoms with E-state index in [9.17, 15) is 19.6 Å². The van der Waals surface area contributed by atoms with Crippen LogP contribution in [0, 0.1) is 11.3 Å². The van der Waals surface area contributed by atoms with Crippen LogP contribution in [0.15, 0.2) is 12.1 Å². The van der Waals surface area contributed by atoms with E-state index >= 15 is 0 Å². The molecule has 0 radical (unpaired) electrons. The molecule has 23 heavy (non-hydrogen) atoms. The molecule has 1 N–H and O–H groups in total. The second-order valence-electron chi connectivity index (χ2n) is 5.90. The number of piperidine rings is 1. The highest BCUT2D eigenvalue weighted by Gasteiger charge is 2.40. The number of nitrogens with zero attached hydrogens (tertiary/aromatic N) is 3. The van der Waals surface area contributed by atoms with Crippen molar-refractivity contribution in [3.63, 3.8) is 0 Å². The quantitative estimate of drug-likeness (QED) is 0.797. The van der Waals surface area contributed by atoms with E-state index in [1.165, 1.54) is 4.90 Å². The van der Waals surface area contributed by atoms with Crippen molar-refractivity contribution in [2.75, 3.05) is 19.0 Å². The fourth-order valence-corrected chi connectivity index (χ4v) is 3.19. The van der Waals surface area contributed by atoms with Crippen molar-refractivity contribution >= 4 is 23.4 Å². The maximum atomic E-state index is 12.8. The first kappa shape index (κ1) is 15.0. The number of fused-ring (bicyclic) bond motifs is 1. The van der Waals surface area contributed by atoms with Crippen molar-refractivity contribution in [1.29, 1.82) is 5.26 Å². The number of rotatable bonds is 2. The molecule has 118 valence electrons. The number of imide groups is 1. The molecule has 2 heterocycles. The van der Waals surface area contributed by atoms with Crippen LogP contribution in [0.2, 0.25) is 0 Å². The van der Waals surface area contributed by atoms with Crippen molar-refractivity contribution in [3.05, 3.63) is 28.8 Å². The van der Waals surface area contributed by atoms with E-state index in [1.807, 2.05) is 0 Å². The van der Waals surface area contributed by atoms with Crippen LogP contribution in [-0.2, 0) is 16.1 Å². The predicted molar refractivity (Wildman–Crippen MR) is 81.5 cm³/mol. The van der Waals surface area contributed by atoms with E-state index in [0.29, 0.717) is 29.8 Å². The Morgan fingerprint density at radius 3 is 2.65 bits per heavy atom. The topological polar surface area (TPSA) is 93.5 Å². The molecule has 1 saturated heterocycles. The smallest absolute Gasteiger partial charge is 0.257 e. The zero-order valence-electron chi connectivity index (χ0n) is 12.9. The number of nitriles is 1. The molecule has 2 aliphatic rings. The maximum Gasteiger partial charge on any atom is 0.257 e. The van der Waals surface area contributed by atoms with Crippen molar-refractivity contribution in [2.24, 2.45) is 0 Å². The first-order valence-corrected chi connectivity index (χ1v) is 7.32. The highest BCUT2D eigenvalue weighted by atomic mass is 16.2. The summed E-state index contributed by atoms with van der Waals surface area (Å²) in [5, 5.41) is 11.5. The first-order valence-electron chi connectivity index (χ1n) is 7.32. The Morgan fingerprint density at radius 2 is 2.04 bits per heavy atom. The normalized spacial score (nSPS) is 20.1. The summed E-state index contributed by atoms with van der Waals surface area (Å²) in [6.45, 7) is 0.312. The van der Waals surface area contributed by atoms with E-state index in [1.54, 1.807) is 31.1 Å². The van der Waals surface area contributed by atoms with Gasteiger partial charge in [-0.15, -0.1) is 0 Å². The maximum absolute atomic E-state index is 12.8. The van der Waals surface area contributed by atoms with Gasteiger partial charge < -0.3 is 9.80 Å². The van der Waals surface area contributed by atoms with E-state index in [4.69, 9.17) is 0 Å². The third-order valence-corrected chi connectivity index (χ3v) is 4.23. The van der Waals surface area contributed by atoms with Gasteiger partial charge in [0, 0.05) is 27.1 Å². The van der Waals surface area contributed by atoms with Gasteiger partial charge in [0.25, 0.3) is 5.91 Å². The molecule has 3 rings (SSSR count). The van der Waals surface area contributed by atoms with Crippen LogP contribution in [0.3, 0.4) is 0 Å². The lowest BCUT2D eigenvalue weighted by Gasteiger charge is -2.29. The lowest BCUT2D eigenvalue weighted by Crippen LogP contribution is -2.52. The van der Waals surface area contributed by atoms with Gasteiger partial charge in [-0.05, 0) is 18.1 Å². The molecule has 3 amide bonds. The Morgan fingerprint density at radius 1 is 1.30 bits per heavy atom. The monoisotopic (exact) mass is 312 g/mol. The molecular weight excluding hydrogens is 296 g/mol. The van der Waals surface area contributed by atoms with E-state index in [2.05, 4.69) is 11.4 Å². The Labute approximate surface area is 133 Å². The summed E-state index contributed by atoms with van der Waals surface area (Å²) in [4.78, 5) is 39.4.